The summed E-state index contributed by atoms with van der Waals surface area (Å²) in [5.74, 6) is 0. The van der Waals surface area contributed by atoms with Crippen LogP contribution in [0.15, 0.2) is 437 Å². The number of aryl methyl sites for hydroxylation is 6. The summed E-state index contributed by atoms with van der Waals surface area (Å²) in [7, 11) is 0. The first-order chi connectivity index (χ1) is 62.0. The lowest BCUT2D eigenvalue weighted by Gasteiger charge is -2.26. The van der Waals surface area contributed by atoms with E-state index in [0.717, 1.165) is 62.4 Å². The Morgan fingerprint density at radius 3 is 0.833 bits per heavy atom. The zero-order valence-corrected chi connectivity index (χ0v) is 71.3. The Kier molecular flexibility index (Phi) is 19.2. The molecule has 0 atom stereocenters. The largest absolute Gasteiger partial charge is 0.311 e. The van der Waals surface area contributed by atoms with E-state index < -0.39 is 0 Å². The minimum Gasteiger partial charge on any atom is -0.311 e. The number of hydrogen-bond donors (Lipinski definition) is 0. The van der Waals surface area contributed by atoms with Crippen molar-refractivity contribution in [2.75, 3.05) is 9.80 Å². The highest BCUT2D eigenvalue weighted by Gasteiger charge is 2.29. The van der Waals surface area contributed by atoms with Gasteiger partial charge in [0, 0.05) is 100.0 Å². The molecule has 600 valence electrons. The number of para-hydroxylation sites is 6. The molecule has 0 spiro atoms. The average Bonchev–Trinajstić information content (AvgIpc) is 1.53. The van der Waals surface area contributed by atoms with Crippen LogP contribution in [0.1, 0.15) is 33.4 Å². The Balaban J connectivity index is 0.000000152. The number of hydrogen-bond acceptors (Lipinski definition) is 2. The van der Waals surface area contributed by atoms with E-state index in [2.05, 4.69) is 506 Å². The molecule has 0 aliphatic rings. The van der Waals surface area contributed by atoms with Gasteiger partial charge >= 0.3 is 0 Å². The van der Waals surface area contributed by atoms with Crippen LogP contribution in [0.5, 0.6) is 0 Å². The first-order valence-corrected chi connectivity index (χ1v) is 43.6. The molecule has 0 unspecified atom stereocenters. The molecule has 126 heavy (non-hydrogen) atoms. The maximum absolute atomic E-state index is 2.54. The summed E-state index contributed by atoms with van der Waals surface area (Å²) in [6, 6.07) is 160. The number of anilines is 6. The van der Waals surface area contributed by atoms with E-state index in [0.29, 0.717) is 0 Å². The van der Waals surface area contributed by atoms with Crippen molar-refractivity contribution in [1.82, 2.24) is 18.3 Å². The zero-order chi connectivity index (χ0) is 84.6. The molecule has 19 aromatic carbocycles. The maximum atomic E-state index is 2.54. The molecule has 0 radical (unpaired) electrons. The molecule has 6 heteroatoms. The van der Waals surface area contributed by atoms with Crippen LogP contribution < -0.4 is 9.80 Å². The summed E-state index contributed by atoms with van der Waals surface area (Å²) in [5, 5.41) is 9.99. The van der Waals surface area contributed by atoms with Crippen LogP contribution in [-0.4, -0.2) is 18.3 Å². The fourth-order valence-electron chi connectivity index (χ4n) is 19.7. The van der Waals surface area contributed by atoms with E-state index in [4.69, 9.17) is 0 Å². The quantitative estimate of drug-likeness (QED) is 0.102. The van der Waals surface area contributed by atoms with Gasteiger partial charge in [-0.3, -0.25) is 0 Å². The third-order valence-corrected chi connectivity index (χ3v) is 25.4. The van der Waals surface area contributed by atoms with Gasteiger partial charge in [0.2, 0.25) is 0 Å². The second-order valence-electron chi connectivity index (χ2n) is 33.6. The first-order valence-electron chi connectivity index (χ1n) is 43.6. The molecule has 6 nitrogen and oxygen atoms in total. The molecule has 0 fully saturated rings. The van der Waals surface area contributed by atoms with Crippen molar-refractivity contribution in [3.8, 4) is 78.4 Å². The molecule has 0 amide bonds. The van der Waals surface area contributed by atoms with Crippen molar-refractivity contribution >= 4 is 121 Å². The lowest BCUT2D eigenvalue weighted by Crippen LogP contribution is -2.09. The maximum Gasteiger partial charge on any atom is 0.0795 e. The monoisotopic (exact) mass is 1610 g/mol. The van der Waals surface area contributed by atoms with E-state index in [1.54, 1.807) is 0 Å². The van der Waals surface area contributed by atoms with Crippen LogP contribution in [0, 0.1) is 41.5 Å². The van der Waals surface area contributed by atoms with E-state index in [1.165, 1.54) is 171 Å². The Morgan fingerprint density at radius 2 is 0.421 bits per heavy atom. The number of rotatable bonds is 15. The molecule has 0 saturated carbocycles. The molecule has 4 heterocycles. The van der Waals surface area contributed by atoms with Crippen LogP contribution >= 0.6 is 0 Å². The van der Waals surface area contributed by atoms with Crippen molar-refractivity contribution in [1.29, 1.82) is 0 Å². The Hall–Kier alpha value is -16.0. The van der Waals surface area contributed by atoms with Crippen LogP contribution in [0.25, 0.3) is 166 Å². The van der Waals surface area contributed by atoms with Crippen LogP contribution in [0.2, 0.25) is 0 Å². The van der Waals surface area contributed by atoms with Gasteiger partial charge in [0.15, 0.2) is 0 Å². The summed E-state index contributed by atoms with van der Waals surface area (Å²) in [6.07, 6.45) is 0. The van der Waals surface area contributed by atoms with Crippen LogP contribution in [-0.2, 0) is 0 Å². The summed E-state index contributed by atoms with van der Waals surface area (Å²) < 4.78 is 10.00. The van der Waals surface area contributed by atoms with Crippen LogP contribution in [0.3, 0.4) is 0 Å². The van der Waals surface area contributed by atoms with Crippen molar-refractivity contribution < 1.29 is 0 Å². The summed E-state index contributed by atoms with van der Waals surface area (Å²) in [4.78, 5) is 4.70. The van der Waals surface area contributed by atoms with E-state index in [-0.39, 0.29) is 0 Å². The van der Waals surface area contributed by atoms with Crippen molar-refractivity contribution in [3.05, 3.63) is 470 Å². The van der Waals surface area contributed by atoms with Gasteiger partial charge in [-0.2, -0.15) is 0 Å². The first kappa shape index (κ1) is 76.1. The Morgan fingerprint density at radius 1 is 0.167 bits per heavy atom. The van der Waals surface area contributed by atoms with Crippen molar-refractivity contribution in [3.63, 3.8) is 0 Å². The number of benzene rings is 19. The Labute approximate surface area is 734 Å². The lowest BCUT2D eigenvalue weighted by atomic mass is 9.95. The number of nitrogens with zero attached hydrogens (tertiary/aromatic N) is 6. The smallest absolute Gasteiger partial charge is 0.0795 e. The normalized spacial score (nSPS) is 11.6. The van der Waals surface area contributed by atoms with E-state index in [9.17, 15) is 0 Å². The van der Waals surface area contributed by atoms with Crippen molar-refractivity contribution in [2.24, 2.45) is 0 Å². The number of fused-ring (bicyclic) bond motifs is 14. The van der Waals surface area contributed by atoms with Gasteiger partial charge in [-0.25, -0.2) is 0 Å². The Bertz CT molecular complexity index is 7890. The molecule has 0 bridgehead atoms. The average molecular weight is 1620 g/mol. The van der Waals surface area contributed by atoms with E-state index in [1.807, 2.05) is 0 Å². The minimum atomic E-state index is 1.09. The van der Waals surface area contributed by atoms with Gasteiger partial charge in [0.1, 0.15) is 0 Å². The van der Waals surface area contributed by atoms with Gasteiger partial charge in [-0.05, 0) is 266 Å². The summed E-state index contributed by atoms with van der Waals surface area (Å²) in [5.41, 5.74) is 40.5. The molecular weight excluding hydrogens is 1530 g/mol. The predicted molar refractivity (Wildman–Crippen MR) is 535 cm³/mol. The SMILES string of the molecule is Cc1ccc(N(c2ccc(C)cc2)c2ccc(-c3cc4c5cc(C)cc(C)c5n(-c5ccccc5)c4c4c3c3cc(C)cc(C)c3n4-c3ccccc3)cc2)cc1.c1ccc(-c2ccc(N(c3ccc(-c4ccccc4)cc3)c3ccc(-c4ccc(-c5cc6c7ccccc7n(-c7ccccc7)c6c6c5c5ccccc5n6-c5ccccc5)cc4)cc3)cc2)cc1. The zero-order valence-electron chi connectivity index (χ0n) is 71.3. The second kappa shape index (κ2) is 31.8. The summed E-state index contributed by atoms with van der Waals surface area (Å²) >= 11 is 0. The lowest BCUT2D eigenvalue weighted by molar-refractivity contribution is 1.14. The molecule has 4 aromatic heterocycles. The molecule has 23 rings (SSSR count). The highest BCUT2D eigenvalue weighted by molar-refractivity contribution is 6.30. The molecular formula is C120H90N6. The van der Waals surface area contributed by atoms with Gasteiger partial charge in [0.05, 0.1) is 44.1 Å². The van der Waals surface area contributed by atoms with E-state index >= 15 is 0 Å². The fourth-order valence-corrected chi connectivity index (χ4v) is 19.7. The van der Waals surface area contributed by atoms with Gasteiger partial charge in [-0.1, -0.05) is 301 Å². The molecule has 23 aromatic rings. The highest BCUT2D eigenvalue weighted by Crippen LogP contribution is 2.51. The second-order valence-corrected chi connectivity index (χ2v) is 33.6. The van der Waals surface area contributed by atoms with Crippen LogP contribution in [0.4, 0.5) is 34.1 Å². The number of aromatic nitrogens is 4. The molecule has 0 N–H and O–H groups in total. The third kappa shape index (κ3) is 13.4. The predicted octanol–water partition coefficient (Wildman–Crippen LogP) is 32.9. The topological polar surface area (TPSA) is 26.2 Å². The molecule has 0 aliphatic heterocycles. The van der Waals surface area contributed by atoms with Gasteiger partial charge < -0.3 is 28.1 Å². The summed E-state index contributed by atoms with van der Waals surface area (Å²) in [6.45, 7) is 13.3. The standard InChI is InChI=1S/C66H45N3.C54H45N3/c1-5-17-46(18-6-1)49-33-39-55(40-34-49)67(56-41-35-50(36-42-56)47-19-7-2-8-20-47)57-43-37-51(38-44-57)48-29-31-52(32-30-48)60-45-61-58-25-13-15-27-62(58)68(53-21-9-3-10-22-53)65(61)66-64(60)59-26-14-16-28-63(59)69(66)54-23-11-4-12-24-54;1-34-17-23-43(24-18-34)55(44-25-19-35(2)20-26-44)45-27-21-40(22-28-45)46-33-48-47-31-36(3)29-38(5)51(47)56(41-13-9-7-10-14-41)53(48)54-50(46)49-32-37(4)30-39(6)52(49)57(54)42-15-11-8-12-16-42/h1-45H;7-33H,1-6H3. The van der Waals surface area contributed by atoms with Gasteiger partial charge in [-0.15, -0.1) is 0 Å². The van der Waals surface area contributed by atoms with Gasteiger partial charge in [0.25, 0.3) is 0 Å². The molecule has 0 saturated heterocycles. The third-order valence-electron chi connectivity index (χ3n) is 25.4. The fraction of sp³-hybridized carbons (Fsp3) is 0.0500. The minimum absolute atomic E-state index is 1.09. The van der Waals surface area contributed by atoms with Crippen molar-refractivity contribution in [2.45, 2.75) is 41.5 Å². The molecule has 0 aliphatic carbocycles. The highest BCUT2D eigenvalue weighted by atomic mass is 15.1.